The minimum absolute atomic E-state index is 0.0331. The van der Waals surface area contributed by atoms with Crippen LogP contribution in [-0.2, 0) is 16.1 Å². The van der Waals surface area contributed by atoms with Gasteiger partial charge in [-0.15, -0.1) is 11.3 Å². The number of carbonyl (C=O) groups excluding carboxylic acids is 1. The first-order valence-corrected chi connectivity index (χ1v) is 11.3. The molecule has 2 aromatic rings. The minimum atomic E-state index is -0.358. The Morgan fingerprint density at radius 1 is 1.36 bits per heavy atom. The van der Waals surface area contributed by atoms with Gasteiger partial charge in [0.15, 0.2) is 5.16 Å². The van der Waals surface area contributed by atoms with Crippen molar-refractivity contribution in [2.24, 2.45) is 0 Å². The van der Waals surface area contributed by atoms with E-state index < -0.39 is 0 Å². The summed E-state index contributed by atoms with van der Waals surface area (Å²) in [7, 11) is 0. The predicted octanol–water partition coefficient (Wildman–Crippen LogP) is 3.90. The van der Waals surface area contributed by atoms with Gasteiger partial charge in [0, 0.05) is 30.2 Å². The van der Waals surface area contributed by atoms with Gasteiger partial charge in [0.1, 0.15) is 4.83 Å². The summed E-state index contributed by atoms with van der Waals surface area (Å²) in [6, 6.07) is 0. The average Bonchev–Trinajstić information content (AvgIpc) is 2.86. The Bertz CT molecular complexity index is 897. The maximum atomic E-state index is 13.2. The molecule has 8 heteroatoms. The number of rotatable bonds is 8. The summed E-state index contributed by atoms with van der Waals surface area (Å²) in [6.07, 6.45) is 0.721. The van der Waals surface area contributed by atoms with Gasteiger partial charge in [0.2, 0.25) is 5.91 Å². The van der Waals surface area contributed by atoms with E-state index in [1.807, 2.05) is 48.5 Å². The lowest BCUT2D eigenvalue weighted by Crippen LogP contribution is -2.44. The zero-order chi connectivity index (χ0) is 21.1. The molecule has 1 N–H and O–H groups in total. The number of hydrogen-bond donors (Lipinski definition) is 1. The van der Waals surface area contributed by atoms with Crippen molar-refractivity contribution in [1.29, 1.82) is 0 Å². The molecule has 2 rings (SSSR count). The SMILES string of the molecule is CCOCCCn1c(S[C@H](C)C(=O)NC(C)(C)C)nc2sc(C)c(C)c2c1=O. The summed E-state index contributed by atoms with van der Waals surface area (Å²) in [6.45, 7) is 15.4. The molecule has 1 amide bonds. The first kappa shape index (κ1) is 22.9. The van der Waals surface area contributed by atoms with Crippen LogP contribution in [0.25, 0.3) is 10.2 Å². The number of thioether (sulfide) groups is 1. The Balaban J connectivity index is 2.38. The zero-order valence-electron chi connectivity index (χ0n) is 17.8. The fourth-order valence-corrected chi connectivity index (χ4v) is 4.75. The van der Waals surface area contributed by atoms with Gasteiger partial charge >= 0.3 is 0 Å². The first-order chi connectivity index (χ1) is 13.0. The lowest BCUT2D eigenvalue weighted by atomic mass is 10.1. The van der Waals surface area contributed by atoms with E-state index in [-0.39, 0.29) is 22.3 Å². The molecule has 0 saturated carbocycles. The predicted molar refractivity (Wildman–Crippen MR) is 118 cm³/mol. The van der Waals surface area contributed by atoms with E-state index in [9.17, 15) is 9.59 Å². The van der Waals surface area contributed by atoms with Crippen LogP contribution >= 0.6 is 23.1 Å². The van der Waals surface area contributed by atoms with Gasteiger partial charge in [-0.25, -0.2) is 4.98 Å². The van der Waals surface area contributed by atoms with Crippen LogP contribution in [0.2, 0.25) is 0 Å². The third kappa shape index (κ3) is 5.58. The number of fused-ring (bicyclic) bond motifs is 1. The van der Waals surface area contributed by atoms with Crippen LogP contribution in [-0.4, -0.2) is 39.5 Å². The summed E-state index contributed by atoms with van der Waals surface area (Å²) >= 11 is 2.86. The molecule has 0 aliphatic rings. The second-order valence-electron chi connectivity index (χ2n) is 7.86. The number of ether oxygens (including phenoxy) is 1. The zero-order valence-corrected chi connectivity index (χ0v) is 19.5. The maximum Gasteiger partial charge on any atom is 0.263 e. The third-order valence-corrected chi connectivity index (χ3v) is 6.47. The van der Waals surface area contributed by atoms with Crippen LogP contribution < -0.4 is 10.9 Å². The normalized spacial score (nSPS) is 13.1. The van der Waals surface area contributed by atoms with Gasteiger partial charge in [-0.3, -0.25) is 14.2 Å². The van der Waals surface area contributed by atoms with Crippen molar-refractivity contribution in [2.75, 3.05) is 13.2 Å². The number of aryl methyl sites for hydroxylation is 2. The number of carbonyl (C=O) groups is 1. The summed E-state index contributed by atoms with van der Waals surface area (Å²) in [5, 5.41) is 3.91. The molecule has 0 aromatic carbocycles. The Labute approximate surface area is 175 Å². The van der Waals surface area contributed by atoms with E-state index in [4.69, 9.17) is 9.72 Å². The number of amides is 1. The van der Waals surface area contributed by atoms with Gasteiger partial charge < -0.3 is 10.1 Å². The van der Waals surface area contributed by atoms with Gasteiger partial charge in [0.25, 0.3) is 5.56 Å². The molecule has 0 unspecified atom stereocenters. The van der Waals surface area contributed by atoms with E-state index in [0.29, 0.717) is 30.3 Å². The van der Waals surface area contributed by atoms with Crippen LogP contribution in [0.3, 0.4) is 0 Å². The molecule has 28 heavy (non-hydrogen) atoms. The highest BCUT2D eigenvalue weighted by Crippen LogP contribution is 2.30. The fourth-order valence-electron chi connectivity index (χ4n) is 2.75. The Morgan fingerprint density at radius 3 is 2.64 bits per heavy atom. The topological polar surface area (TPSA) is 73.2 Å². The van der Waals surface area contributed by atoms with Crippen molar-refractivity contribution in [2.45, 2.75) is 77.4 Å². The van der Waals surface area contributed by atoms with E-state index in [0.717, 1.165) is 21.7 Å². The molecule has 0 spiro atoms. The highest BCUT2D eigenvalue weighted by Gasteiger charge is 2.23. The molecule has 6 nitrogen and oxygen atoms in total. The number of hydrogen-bond acceptors (Lipinski definition) is 6. The first-order valence-electron chi connectivity index (χ1n) is 9.62. The molecule has 0 saturated heterocycles. The molecule has 2 heterocycles. The van der Waals surface area contributed by atoms with Crippen molar-refractivity contribution in [1.82, 2.24) is 14.9 Å². The van der Waals surface area contributed by atoms with E-state index in [1.165, 1.54) is 23.1 Å². The number of aromatic nitrogens is 2. The number of thiophene rings is 1. The van der Waals surface area contributed by atoms with Crippen LogP contribution in [0.15, 0.2) is 9.95 Å². The summed E-state index contributed by atoms with van der Waals surface area (Å²) in [5.74, 6) is -0.0637. The highest BCUT2D eigenvalue weighted by atomic mass is 32.2. The van der Waals surface area contributed by atoms with E-state index in [1.54, 1.807) is 4.57 Å². The smallest absolute Gasteiger partial charge is 0.263 e. The summed E-state index contributed by atoms with van der Waals surface area (Å²) in [5.41, 5.74) is 0.656. The Morgan fingerprint density at radius 2 is 2.04 bits per heavy atom. The molecule has 0 aliphatic carbocycles. The third-order valence-electron chi connectivity index (χ3n) is 4.28. The molecule has 1 atom stereocenters. The molecule has 0 aliphatic heterocycles. The fraction of sp³-hybridized carbons (Fsp3) is 0.650. The second kappa shape index (κ2) is 9.41. The van der Waals surface area contributed by atoms with Crippen LogP contribution in [0.5, 0.6) is 0 Å². The summed E-state index contributed by atoms with van der Waals surface area (Å²) in [4.78, 5) is 32.3. The van der Waals surface area contributed by atoms with Gasteiger partial charge in [0.05, 0.1) is 10.6 Å². The van der Waals surface area contributed by atoms with Crippen LogP contribution in [0.1, 0.15) is 51.5 Å². The van der Waals surface area contributed by atoms with Crippen molar-refractivity contribution >= 4 is 39.2 Å². The van der Waals surface area contributed by atoms with Crippen molar-refractivity contribution in [3.05, 3.63) is 20.8 Å². The molecule has 0 bridgehead atoms. The van der Waals surface area contributed by atoms with E-state index in [2.05, 4.69) is 5.32 Å². The second-order valence-corrected chi connectivity index (χ2v) is 10.4. The molecule has 0 fully saturated rings. The van der Waals surface area contributed by atoms with Crippen LogP contribution in [0, 0.1) is 13.8 Å². The average molecular weight is 426 g/mol. The van der Waals surface area contributed by atoms with Gasteiger partial charge in [-0.2, -0.15) is 0 Å². The molecule has 0 radical (unpaired) electrons. The number of nitrogens with one attached hydrogen (secondary N) is 1. The highest BCUT2D eigenvalue weighted by molar-refractivity contribution is 8.00. The molecule has 2 aromatic heterocycles. The van der Waals surface area contributed by atoms with Crippen molar-refractivity contribution < 1.29 is 9.53 Å². The lowest BCUT2D eigenvalue weighted by Gasteiger charge is -2.23. The number of nitrogens with zero attached hydrogens (tertiary/aromatic N) is 2. The Hall–Kier alpha value is -1.38. The van der Waals surface area contributed by atoms with Gasteiger partial charge in [-0.1, -0.05) is 11.8 Å². The van der Waals surface area contributed by atoms with Gasteiger partial charge in [-0.05, 0) is 60.5 Å². The monoisotopic (exact) mass is 425 g/mol. The summed E-state index contributed by atoms with van der Waals surface area (Å²) < 4.78 is 7.12. The minimum Gasteiger partial charge on any atom is -0.382 e. The van der Waals surface area contributed by atoms with Crippen molar-refractivity contribution in [3.63, 3.8) is 0 Å². The quantitative estimate of drug-likeness (QED) is 0.394. The van der Waals surface area contributed by atoms with Crippen molar-refractivity contribution in [3.8, 4) is 0 Å². The molecular formula is C20H31N3O3S2. The molecule has 156 valence electrons. The molecular weight excluding hydrogens is 394 g/mol. The Kier molecular flexibility index (Phi) is 7.70. The standard InChI is InChI=1S/C20H31N3O3S2/c1-8-26-11-9-10-23-18(25)15-12(2)13(3)27-17(15)21-19(23)28-14(4)16(24)22-20(5,6)7/h14H,8-11H2,1-7H3,(H,22,24)/t14-/m1/s1. The largest absolute Gasteiger partial charge is 0.382 e. The lowest BCUT2D eigenvalue weighted by molar-refractivity contribution is -0.121. The van der Waals surface area contributed by atoms with Crippen LogP contribution in [0.4, 0.5) is 0 Å². The maximum absolute atomic E-state index is 13.2. The van der Waals surface area contributed by atoms with E-state index >= 15 is 0 Å².